The lowest BCUT2D eigenvalue weighted by atomic mass is 10.1. The summed E-state index contributed by atoms with van der Waals surface area (Å²) in [7, 11) is 1.72. The molecule has 0 radical (unpaired) electrons. The molecule has 0 heterocycles. The van der Waals surface area contributed by atoms with Crippen LogP contribution in [-0.2, 0) is 4.74 Å². The fourth-order valence-electron chi connectivity index (χ4n) is 1.60. The van der Waals surface area contributed by atoms with Gasteiger partial charge in [-0.1, -0.05) is 28.1 Å². The number of methoxy groups -OCH3 is 1. The first-order valence-electron chi connectivity index (χ1n) is 5.14. The SMILES string of the molecule is COCC(C)NC(C)c1cccc(Br)c1. The molecule has 0 aliphatic heterocycles. The summed E-state index contributed by atoms with van der Waals surface area (Å²) < 4.78 is 6.21. The molecule has 1 aromatic rings. The summed E-state index contributed by atoms with van der Waals surface area (Å²) in [6, 6.07) is 9.06. The molecule has 15 heavy (non-hydrogen) atoms. The van der Waals surface area contributed by atoms with Gasteiger partial charge in [0, 0.05) is 23.7 Å². The molecule has 3 heteroatoms. The average molecular weight is 272 g/mol. The monoisotopic (exact) mass is 271 g/mol. The summed E-state index contributed by atoms with van der Waals surface area (Å²) in [5.41, 5.74) is 1.28. The zero-order chi connectivity index (χ0) is 11.3. The van der Waals surface area contributed by atoms with Crippen molar-refractivity contribution in [1.82, 2.24) is 5.32 Å². The van der Waals surface area contributed by atoms with Crippen LogP contribution in [0.25, 0.3) is 0 Å². The van der Waals surface area contributed by atoms with Gasteiger partial charge >= 0.3 is 0 Å². The Balaban J connectivity index is 2.56. The zero-order valence-corrected chi connectivity index (χ0v) is 11.0. The number of hydrogen-bond acceptors (Lipinski definition) is 2. The third-order valence-corrected chi connectivity index (χ3v) is 2.79. The highest BCUT2D eigenvalue weighted by Gasteiger charge is 2.08. The average Bonchev–Trinajstić information content (AvgIpc) is 2.18. The largest absolute Gasteiger partial charge is 0.383 e. The van der Waals surface area contributed by atoms with E-state index in [9.17, 15) is 0 Å². The number of halogens is 1. The van der Waals surface area contributed by atoms with Gasteiger partial charge in [-0.3, -0.25) is 0 Å². The third-order valence-electron chi connectivity index (χ3n) is 2.30. The Labute approximate surface area is 100 Å². The fraction of sp³-hybridized carbons (Fsp3) is 0.500. The minimum absolute atomic E-state index is 0.340. The normalized spacial score (nSPS) is 14.9. The van der Waals surface area contributed by atoms with E-state index >= 15 is 0 Å². The molecular weight excluding hydrogens is 254 g/mol. The molecule has 0 bridgehead atoms. The van der Waals surface area contributed by atoms with E-state index in [2.05, 4.69) is 53.3 Å². The van der Waals surface area contributed by atoms with Crippen LogP contribution in [-0.4, -0.2) is 19.8 Å². The van der Waals surface area contributed by atoms with Crippen molar-refractivity contribution in [1.29, 1.82) is 0 Å². The van der Waals surface area contributed by atoms with Gasteiger partial charge in [0.25, 0.3) is 0 Å². The van der Waals surface area contributed by atoms with Crippen LogP contribution in [0.15, 0.2) is 28.7 Å². The second-order valence-corrected chi connectivity index (χ2v) is 4.72. The first kappa shape index (κ1) is 12.7. The molecule has 2 nitrogen and oxygen atoms in total. The molecule has 0 aromatic heterocycles. The molecule has 1 N–H and O–H groups in total. The van der Waals surface area contributed by atoms with Crippen LogP contribution >= 0.6 is 15.9 Å². The second kappa shape index (κ2) is 6.26. The molecule has 0 amide bonds. The number of benzene rings is 1. The standard InChI is InChI=1S/C12H18BrNO/c1-9(8-15-3)14-10(2)11-5-4-6-12(13)7-11/h4-7,9-10,14H,8H2,1-3H3. The summed E-state index contributed by atoms with van der Waals surface area (Å²) in [4.78, 5) is 0. The summed E-state index contributed by atoms with van der Waals surface area (Å²) in [6.45, 7) is 5.02. The van der Waals surface area contributed by atoms with Gasteiger partial charge in [0.05, 0.1) is 6.61 Å². The summed E-state index contributed by atoms with van der Waals surface area (Å²) in [6.07, 6.45) is 0. The lowest BCUT2D eigenvalue weighted by Gasteiger charge is -2.19. The third kappa shape index (κ3) is 4.33. The minimum atomic E-state index is 0.340. The Bertz CT molecular complexity index is 303. The molecular formula is C12H18BrNO. The van der Waals surface area contributed by atoms with Gasteiger partial charge in [-0.25, -0.2) is 0 Å². The molecule has 0 saturated heterocycles. The van der Waals surface area contributed by atoms with Crippen molar-refractivity contribution in [3.05, 3.63) is 34.3 Å². The Morgan fingerprint density at radius 2 is 2.13 bits per heavy atom. The number of nitrogens with one attached hydrogen (secondary N) is 1. The number of ether oxygens (including phenoxy) is 1. The van der Waals surface area contributed by atoms with Crippen LogP contribution in [0.2, 0.25) is 0 Å². The smallest absolute Gasteiger partial charge is 0.0613 e. The van der Waals surface area contributed by atoms with E-state index in [4.69, 9.17) is 4.74 Å². The summed E-state index contributed by atoms with van der Waals surface area (Å²) in [5.74, 6) is 0. The first-order chi connectivity index (χ1) is 7.13. The topological polar surface area (TPSA) is 21.3 Å². The fourth-order valence-corrected chi connectivity index (χ4v) is 2.01. The maximum absolute atomic E-state index is 5.09. The molecule has 0 aliphatic rings. The van der Waals surface area contributed by atoms with Crippen LogP contribution in [0.4, 0.5) is 0 Å². The molecule has 0 saturated carbocycles. The lowest BCUT2D eigenvalue weighted by molar-refractivity contribution is 0.167. The van der Waals surface area contributed by atoms with Crippen molar-refractivity contribution < 1.29 is 4.74 Å². The van der Waals surface area contributed by atoms with E-state index in [1.165, 1.54) is 5.56 Å². The maximum Gasteiger partial charge on any atom is 0.0613 e. The van der Waals surface area contributed by atoms with Gasteiger partial charge < -0.3 is 10.1 Å². The zero-order valence-electron chi connectivity index (χ0n) is 9.46. The van der Waals surface area contributed by atoms with Crippen LogP contribution < -0.4 is 5.32 Å². The van der Waals surface area contributed by atoms with Crippen LogP contribution in [0.1, 0.15) is 25.5 Å². The van der Waals surface area contributed by atoms with Crippen molar-refractivity contribution in [3.8, 4) is 0 Å². The predicted octanol–water partition coefficient (Wildman–Crippen LogP) is 3.13. The van der Waals surface area contributed by atoms with Crippen molar-refractivity contribution in [2.75, 3.05) is 13.7 Å². The Morgan fingerprint density at radius 1 is 1.40 bits per heavy atom. The van der Waals surface area contributed by atoms with Crippen molar-refractivity contribution in [2.24, 2.45) is 0 Å². The maximum atomic E-state index is 5.09. The van der Waals surface area contributed by atoms with Gasteiger partial charge in [0.15, 0.2) is 0 Å². The Morgan fingerprint density at radius 3 is 2.73 bits per heavy atom. The van der Waals surface area contributed by atoms with Gasteiger partial charge in [-0.15, -0.1) is 0 Å². The molecule has 1 rings (SSSR count). The molecule has 2 atom stereocenters. The van der Waals surface area contributed by atoms with Gasteiger partial charge in [0.2, 0.25) is 0 Å². The number of hydrogen-bond donors (Lipinski definition) is 1. The van der Waals surface area contributed by atoms with Gasteiger partial charge in [-0.05, 0) is 31.5 Å². The van der Waals surface area contributed by atoms with E-state index < -0.39 is 0 Å². The van der Waals surface area contributed by atoms with Crippen LogP contribution in [0.3, 0.4) is 0 Å². The summed E-state index contributed by atoms with van der Waals surface area (Å²) in [5, 5.41) is 3.48. The number of rotatable bonds is 5. The molecule has 1 aromatic carbocycles. The molecule has 0 fully saturated rings. The van der Waals surface area contributed by atoms with Crippen molar-refractivity contribution >= 4 is 15.9 Å². The van der Waals surface area contributed by atoms with E-state index in [-0.39, 0.29) is 0 Å². The predicted molar refractivity (Wildman–Crippen MR) is 67.0 cm³/mol. The van der Waals surface area contributed by atoms with Crippen molar-refractivity contribution in [2.45, 2.75) is 25.9 Å². The van der Waals surface area contributed by atoms with Crippen LogP contribution in [0.5, 0.6) is 0 Å². The van der Waals surface area contributed by atoms with Gasteiger partial charge in [-0.2, -0.15) is 0 Å². The Kier molecular flexibility index (Phi) is 5.29. The molecule has 0 spiro atoms. The second-order valence-electron chi connectivity index (χ2n) is 3.80. The highest BCUT2D eigenvalue weighted by atomic mass is 79.9. The highest BCUT2D eigenvalue weighted by Crippen LogP contribution is 2.18. The molecule has 2 unspecified atom stereocenters. The van der Waals surface area contributed by atoms with E-state index in [0.717, 1.165) is 11.1 Å². The van der Waals surface area contributed by atoms with E-state index in [0.29, 0.717) is 12.1 Å². The molecule has 0 aliphatic carbocycles. The van der Waals surface area contributed by atoms with Crippen LogP contribution in [0, 0.1) is 0 Å². The molecule has 84 valence electrons. The quantitative estimate of drug-likeness (QED) is 0.889. The minimum Gasteiger partial charge on any atom is -0.383 e. The lowest BCUT2D eigenvalue weighted by Crippen LogP contribution is -2.32. The summed E-state index contributed by atoms with van der Waals surface area (Å²) >= 11 is 3.47. The van der Waals surface area contributed by atoms with E-state index in [1.807, 2.05) is 6.07 Å². The van der Waals surface area contributed by atoms with E-state index in [1.54, 1.807) is 7.11 Å². The first-order valence-corrected chi connectivity index (χ1v) is 5.93. The van der Waals surface area contributed by atoms with Gasteiger partial charge in [0.1, 0.15) is 0 Å². The highest BCUT2D eigenvalue weighted by molar-refractivity contribution is 9.10. The Hall–Kier alpha value is -0.380. The van der Waals surface area contributed by atoms with Crippen molar-refractivity contribution in [3.63, 3.8) is 0 Å².